The summed E-state index contributed by atoms with van der Waals surface area (Å²) in [5, 5.41) is 11.3. The van der Waals surface area contributed by atoms with Crippen LogP contribution in [0.5, 0.6) is 0 Å². The Labute approximate surface area is 150 Å². The van der Waals surface area contributed by atoms with E-state index in [4.69, 9.17) is 14.6 Å². The normalized spacial score (nSPS) is 10.9. The van der Waals surface area contributed by atoms with Crippen molar-refractivity contribution in [2.24, 2.45) is 0 Å². The number of aromatic amines is 1. The van der Waals surface area contributed by atoms with Gasteiger partial charge in [-0.1, -0.05) is 12.1 Å². The summed E-state index contributed by atoms with van der Waals surface area (Å²) in [5.41, 5.74) is 0.720. The zero-order valence-corrected chi connectivity index (χ0v) is 14.7. The van der Waals surface area contributed by atoms with E-state index in [1.54, 1.807) is 32.9 Å². The summed E-state index contributed by atoms with van der Waals surface area (Å²) >= 11 is 0. The molecule has 1 aromatic carbocycles. The molecule has 0 saturated heterocycles. The van der Waals surface area contributed by atoms with Crippen molar-refractivity contribution < 1.29 is 29.0 Å². The number of carbonyl (C=O) groups excluding carboxylic acids is 2. The molecule has 2 aromatic rings. The molecular formula is C18H20N2O6. The van der Waals surface area contributed by atoms with Crippen LogP contribution in [0.2, 0.25) is 0 Å². The molecule has 1 aromatic heterocycles. The monoisotopic (exact) mass is 360 g/mol. The van der Waals surface area contributed by atoms with Gasteiger partial charge in [0.25, 0.3) is 0 Å². The van der Waals surface area contributed by atoms with E-state index >= 15 is 0 Å². The predicted molar refractivity (Wildman–Crippen MR) is 93.2 cm³/mol. The zero-order valence-electron chi connectivity index (χ0n) is 14.7. The molecule has 138 valence electrons. The largest absolute Gasteiger partial charge is 0.478 e. The molecule has 0 aliphatic carbocycles. The van der Waals surface area contributed by atoms with Crippen molar-refractivity contribution in [1.29, 1.82) is 0 Å². The van der Waals surface area contributed by atoms with E-state index in [0.717, 1.165) is 0 Å². The van der Waals surface area contributed by atoms with Crippen molar-refractivity contribution in [1.82, 2.24) is 4.98 Å². The van der Waals surface area contributed by atoms with Crippen LogP contribution in [0.15, 0.2) is 36.5 Å². The highest BCUT2D eigenvalue weighted by Gasteiger charge is 2.17. The van der Waals surface area contributed by atoms with Gasteiger partial charge in [0.05, 0.1) is 11.3 Å². The van der Waals surface area contributed by atoms with Crippen LogP contribution in [-0.2, 0) is 16.1 Å². The van der Waals surface area contributed by atoms with Gasteiger partial charge in [-0.3, -0.25) is 5.32 Å². The summed E-state index contributed by atoms with van der Waals surface area (Å²) < 4.78 is 10.3. The summed E-state index contributed by atoms with van der Waals surface area (Å²) in [5.74, 6) is -1.63. The topological polar surface area (TPSA) is 118 Å². The Kier molecular flexibility index (Phi) is 5.66. The van der Waals surface area contributed by atoms with Crippen LogP contribution in [-0.4, -0.2) is 33.7 Å². The van der Waals surface area contributed by atoms with E-state index in [-0.39, 0.29) is 17.9 Å². The van der Waals surface area contributed by atoms with E-state index in [0.29, 0.717) is 11.3 Å². The lowest BCUT2D eigenvalue weighted by molar-refractivity contribution is 0.0465. The van der Waals surface area contributed by atoms with Crippen molar-refractivity contribution in [2.75, 3.05) is 5.32 Å². The quantitative estimate of drug-likeness (QED) is 0.703. The van der Waals surface area contributed by atoms with Crippen molar-refractivity contribution >= 4 is 23.7 Å². The number of anilines is 1. The minimum Gasteiger partial charge on any atom is -0.478 e. The molecule has 0 fully saturated rings. The third-order valence-corrected chi connectivity index (χ3v) is 3.12. The fourth-order valence-electron chi connectivity index (χ4n) is 1.98. The first-order valence-electron chi connectivity index (χ1n) is 7.82. The molecule has 0 bridgehead atoms. The van der Waals surface area contributed by atoms with Gasteiger partial charge in [0.2, 0.25) is 0 Å². The molecule has 1 amide bonds. The number of carboxylic acid groups (broad SMARTS) is 1. The average Bonchev–Trinajstić information content (AvgIpc) is 2.99. The van der Waals surface area contributed by atoms with Gasteiger partial charge < -0.3 is 19.6 Å². The average molecular weight is 360 g/mol. The number of aromatic nitrogens is 1. The van der Waals surface area contributed by atoms with Crippen molar-refractivity contribution in [3.05, 3.63) is 53.3 Å². The van der Waals surface area contributed by atoms with E-state index in [2.05, 4.69) is 10.3 Å². The van der Waals surface area contributed by atoms with Crippen molar-refractivity contribution in [2.45, 2.75) is 33.0 Å². The number of rotatable bonds is 5. The molecular weight excluding hydrogens is 340 g/mol. The Hall–Kier alpha value is -3.29. The molecule has 0 saturated carbocycles. The highest BCUT2D eigenvalue weighted by atomic mass is 16.6. The summed E-state index contributed by atoms with van der Waals surface area (Å²) in [7, 11) is 0. The Morgan fingerprint density at radius 3 is 2.38 bits per heavy atom. The molecule has 2 rings (SSSR count). The molecule has 8 heteroatoms. The van der Waals surface area contributed by atoms with E-state index in [1.807, 2.05) is 0 Å². The Balaban J connectivity index is 1.89. The molecule has 3 N–H and O–H groups in total. The molecule has 0 aliphatic heterocycles. The van der Waals surface area contributed by atoms with E-state index in [1.165, 1.54) is 24.4 Å². The number of nitrogens with one attached hydrogen (secondary N) is 2. The minimum atomic E-state index is -1.02. The summed E-state index contributed by atoms with van der Waals surface area (Å²) in [6.07, 6.45) is 0.817. The molecule has 26 heavy (non-hydrogen) atoms. The summed E-state index contributed by atoms with van der Waals surface area (Å²) in [6.45, 7) is 5.23. The highest BCUT2D eigenvalue weighted by Crippen LogP contribution is 2.14. The first-order valence-corrected chi connectivity index (χ1v) is 7.82. The third kappa shape index (κ3) is 5.66. The smallest absolute Gasteiger partial charge is 0.412 e. The molecule has 0 aliphatic rings. The standard InChI is InChI=1S/C18H20N2O6/c1-18(2,3)26-17(24)20-13-8-14(19-9-13)16(23)25-10-11-4-6-12(7-5-11)15(21)22/h4-9,19H,10H2,1-3H3,(H,20,24)(H,21,22). The Morgan fingerprint density at radius 2 is 1.81 bits per heavy atom. The Morgan fingerprint density at radius 1 is 1.15 bits per heavy atom. The summed E-state index contributed by atoms with van der Waals surface area (Å²) in [6, 6.07) is 7.44. The van der Waals surface area contributed by atoms with E-state index < -0.39 is 23.6 Å². The molecule has 0 atom stereocenters. The summed E-state index contributed by atoms with van der Waals surface area (Å²) in [4.78, 5) is 37.2. The fourth-order valence-corrected chi connectivity index (χ4v) is 1.98. The maximum absolute atomic E-state index is 12.0. The van der Waals surface area contributed by atoms with Crippen LogP contribution in [0, 0.1) is 0 Å². The lowest BCUT2D eigenvalue weighted by Gasteiger charge is -2.19. The van der Waals surface area contributed by atoms with Crippen LogP contribution < -0.4 is 5.32 Å². The number of hydrogen-bond acceptors (Lipinski definition) is 5. The van der Waals surface area contributed by atoms with E-state index in [9.17, 15) is 14.4 Å². The Bertz CT molecular complexity index is 802. The van der Waals surface area contributed by atoms with Gasteiger partial charge in [0.15, 0.2) is 0 Å². The van der Waals surface area contributed by atoms with Gasteiger partial charge in [-0.15, -0.1) is 0 Å². The predicted octanol–water partition coefficient (Wildman–Crippen LogP) is 3.42. The first-order chi connectivity index (χ1) is 12.1. The van der Waals surface area contributed by atoms with Gasteiger partial charge in [0.1, 0.15) is 17.9 Å². The SMILES string of the molecule is CC(C)(C)OC(=O)Nc1c[nH]c(C(=O)OCc2ccc(C(=O)O)cc2)c1. The van der Waals surface area contributed by atoms with Gasteiger partial charge >= 0.3 is 18.0 Å². The number of hydrogen-bond donors (Lipinski definition) is 3. The maximum Gasteiger partial charge on any atom is 0.412 e. The lowest BCUT2D eigenvalue weighted by Crippen LogP contribution is -2.27. The molecule has 0 spiro atoms. The molecule has 0 unspecified atom stereocenters. The first kappa shape index (κ1) is 19.0. The number of benzene rings is 1. The zero-order chi connectivity index (χ0) is 19.3. The number of esters is 1. The molecule has 1 heterocycles. The second-order valence-corrected chi connectivity index (χ2v) is 6.51. The lowest BCUT2D eigenvalue weighted by atomic mass is 10.1. The number of carbonyl (C=O) groups is 3. The van der Waals surface area contributed by atoms with Gasteiger partial charge in [-0.25, -0.2) is 14.4 Å². The van der Waals surface area contributed by atoms with Gasteiger partial charge in [-0.05, 0) is 44.5 Å². The second kappa shape index (κ2) is 7.73. The van der Waals surface area contributed by atoms with Gasteiger partial charge in [-0.2, -0.15) is 0 Å². The number of H-pyrrole nitrogens is 1. The maximum atomic E-state index is 12.0. The van der Waals surface area contributed by atoms with Crippen LogP contribution in [0.25, 0.3) is 0 Å². The van der Waals surface area contributed by atoms with Crippen molar-refractivity contribution in [3.63, 3.8) is 0 Å². The number of aromatic carboxylic acids is 1. The minimum absolute atomic E-state index is 0.00736. The number of carboxylic acids is 1. The highest BCUT2D eigenvalue weighted by molar-refractivity contribution is 5.91. The second-order valence-electron chi connectivity index (χ2n) is 6.51. The molecule has 8 nitrogen and oxygen atoms in total. The molecule has 0 radical (unpaired) electrons. The number of ether oxygens (including phenoxy) is 2. The van der Waals surface area contributed by atoms with Gasteiger partial charge in [0, 0.05) is 6.20 Å². The fraction of sp³-hybridized carbons (Fsp3) is 0.278. The van der Waals surface area contributed by atoms with Crippen molar-refractivity contribution in [3.8, 4) is 0 Å². The van der Waals surface area contributed by atoms with Crippen LogP contribution in [0.4, 0.5) is 10.5 Å². The van der Waals surface area contributed by atoms with Crippen LogP contribution in [0.1, 0.15) is 47.2 Å². The van der Waals surface area contributed by atoms with Crippen LogP contribution >= 0.6 is 0 Å². The number of amides is 1. The van der Waals surface area contributed by atoms with Crippen LogP contribution in [0.3, 0.4) is 0 Å². The third-order valence-electron chi connectivity index (χ3n) is 3.12.